The third-order valence-corrected chi connectivity index (χ3v) is 1.06. The van der Waals surface area contributed by atoms with Crippen LogP contribution in [0.1, 0.15) is 26.2 Å². The fraction of sp³-hybridized carbons (Fsp3) is 0.714. The predicted octanol–water partition coefficient (Wildman–Crippen LogP) is 1.71. The van der Waals surface area contributed by atoms with Crippen LogP contribution in [0, 0.1) is 0 Å². The van der Waals surface area contributed by atoms with Gasteiger partial charge in [0.15, 0.2) is 0 Å². The van der Waals surface area contributed by atoms with Gasteiger partial charge in [0.05, 0.1) is 0 Å². The standard InChI is InChI=1S/C7H15NO/c1-2-3-4-5-6-7-8-9/h3-4,8-9H,2,5-7H2,1H3/b4-3-. The Bertz CT molecular complexity index is 71.3. The summed E-state index contributed by atoms with van der Waals surface area (Å²) in [5.74, 6) is 0. The minimum Gasteiger partial charge on any atom is -0.317 e. The average molecular weight is 129 g/mol. The summed E-state index contributed by atoms with van der Waals surface area (Å²) in [6, 6.07) is 0. The fourth-order valence-corrected chi connectivity index (χ4v) is 0.583. The highest BCUT2D eigenvalue weighted by molar-refractivity contribution is 4.79. The third kappa shape index (κ3) is 7.66. The first-order valence-corrected chi connectivity index (χ1v) is 3.43. The summed E-state index contributed by atoms with van der Waals surface area (Å²) in [5.41, 5.74) is 2.11. The van der Waals surface area contributed by atoms with Crippen molar-refractivity contribution in [1.82, 2.24) is 5.48 Å². The maximum absolute atomic E-state index is 8.15. The lowest BCUT2D eigenvalue weighted by Crippen LogP contribution is -2.07. The van der Waals surface area contributed by atoms with E-state index in [0.717, 1.165) is 19.3 Å². The maximum Gasteiger partial charge on any atom is 0.0210 e. The van der Waals surface area contributed by atoms with Gasteiger partial charge in [0.1, 0.15) is 0 Å². The van der Waals surface area contributed by atoms with E-state index in [-0.39, 0.29) is 0 Å². The smallest absolute Gasteiger partial charge is 0.0210 e. The molecule has 0 heterocycles. The zero-order valence-corrected chi connectivity index (χ0v) is 5.93. The number of nitrogens with one attached hydrogen (secondary N) is 1. The van der Waals surface area contributed by atoms with Crippen LogP contribution in [0.2, 0.25) is 0 Å². The molecule has 0 aliphatic carbocycles. The van der Waals surface area contributed by atoms with E-state index in [9.17, 15) is 0 Å². The maximum atomic E-state index is 8.15. The summed E-state index contributed by atoms with van der Waals surface area (Å²) in [6.07, 6.45) is 7.44. The number of allylic oxidation sites excluding steroid dienone is 2. The van der Waals surface area contributed by atoms with E-state index in [4.69, 9.17) is 5.21 Å². The molecule has 54 valence electrons. The van der Waals surface area contributed by atoms with Crippen LogP contribution in [-0.2, 0) is 0 Å². The second-order valence-corrected chi connectivity index (χ2v) is 1.93. The molecule has 0 saturated carbocycles. The Morgan fingerprint density at radius 1 is 1.44 bits per heavy atom. The number of unbranched alkanes of at least 4 members (excludes halogenated alkanes) is 1. The Morgan fingerprint density at radius 3 is 2.78 bits per heavy atom. The molecule has 0 unspecified atom stereocenters. The summed E-state index contributed by atoms with van der Waals surface area (Å²) >= 11 is 0. The molecule has 0 aromatic carbocycles. The van der Waals surface area contributed by atoms with Gasteiger partial charge in [-0.3, -0.25) is 0 Å². The van der Waals surface area contributed by atoms with E-state index in [1.165, 1.54) is 0 Å². The molecule has 9 heavy (non-hydrogen) atoms. The predicted molar refractivity (Wildman–Crippen MR) is 38.5 cm³/mol. The first-order valence-electron chi connectivity index (χ1n) is 3.43. The van der Waals surface area contributed by atoms with Crippen molar-refractivity contribution in [2.24, 2.45) is 0 Å². The lowest BCUT2D eigenvalue weighted by atomic mass is 10.3. The Kier molecular flexibility index (Phi) is 7.37. The van der Waals surface area contributed by atoms with Crippen molar-refractivity contribution < 1.29 is 5.21 Å². The van der Waals surface area contributed by atoms with Gasteiger partial charge in [-0.2, -0.15) is 0 Å². The quantitative estimate of drug-likeness (QED) is 0.336. The molecule has 2 heteroatoms. The highest BCUT2D eigenvalue weighted by Crippen LogP contribution is 1.89. The fourth-order valence-electron chi connectivity index (χ4n) is 0.583. The summed E-state index contributed by atoms with van der Waals surface area (Å²) in [5, 5.41) is 8.15. The number of rotatable bonds is 5. The van der Waals surface area contributed by atoms with E-state index in [1.54, 1.807) is 0 Å². The highest BCUT2D eigenvalue weighted by Gasteiger charge is 1.79. The van der Waals surface area contributed by atoms with E-state index >= 15 is 0 Å². The molecule has 0 rings (SSSR count). The van der Waals surface area contributed by atoms with E-state index in [1.807, 2.05) is 0 Å². The van der Waals surface area contributed by atoms with Crippen molar-refractivity contribution in [1.29, 1.82) is 0 Å². The first kappa shape index (κ1) is 8.66. The van der Waals surface area contributed by atoms with Crippen molar-refractivity contribution in [3.63, 3.8) is 0 Å². The normalized spacial score (nSPS) is 10.9. The van der Waals surface area contributed by atoms with Crippen LogP contribution < -0.4 is 5.48 Å². The van der Waals surface area contributed by atoms with Gasteiger partial charge in [-0.25, -0.2) is 5.48 Å². The lowest BCUT2D eigenvalue weighted by molar-refractivity contribution is 0.166. The van der Waals surface area contributed by atoms with Crippen molar-refractivity contribution in [2.75, 3.05) is 6.54 Å². The molecular weight excluding hydrogens is 114 g/mol. The second-order valence-electron chi connectivity index (χ2n) is 1.93. The molecule has 0 aromatic rings. The average Bonchev–Trinajstić information content (AvgIpc) is 1.89. The Balaban J connectivity index is 2.82. The van der Waals surface area contributed by atoms with Crippen LogP contribution in [0.3, 0.4) is 0 Å². The zero-order valence-electron chi connectivity index (χ0n) is 5.93. The highest BCUT2D eigenvalue weighted by atomic mass is 16.5. The molecule has 0 atom stereocenters. The topological polar surface area (TPSA) is 32.3 Å². The molecule has 0 radical (unpaired) electrons. The molecule has 0 saturated heterocycles. The van der Waals surface area contributed by atoms with Gasteiger partial charge in [0.25, 0.3) is 0 Å². The van der Waals surface area contributed by atoms with Crippen molar-refractivity contribution in [2.45, 2.75) is 26.2 Å². The largest absolute Gasteiger partial charge is 0.317 e. The number of hydrogen-bond donors (Lipinski definition) is 2. The van der Waals surface area contributed by atoms with Gasteiger partial charge < -0.3 is 5.21 Å². The van der Waals surface area contributed by atoms with Crippen molar-refractivity contribution >= 4 is 0 Å². The van der Waals surface area contributed by atoms with Gasteiger partial charge in [0.2, 0.25) is 0 Å². The van der Waals surface area contributed by atoms with Crippen molar-refractivity contribution in [3.8, 4) is 0 Å². The van der Waals surface area contributed by atoms with E-state index < -0.39 is 0 Å². The van der Waals surface area contributed by atoms with Crippen molar-refractivity contribution in [3.05, 3.63) is 12.2 Å². The van der Waals surface area contributed by atoms with Crippen LogP contribution >= 0.6 is 0 Å². The molecule has 0 spiro atoms. The second kappa shape index (κ2) is 7.66. The molecule has 0 fully saturated rings. The molecule has 0 aromatic heterocycles. The van der Waals surface area contributed by atoms with Gasteiger partial charge in [0, 0.05) is 6.54 Å². The van der Waals surface area contributed by atoms with Gasteiger partial charge in [-0.05, 0) is 19.3 Å². The Morgan fingerprint density at radius 2 is 2.22 bits per heavy atom. The lowest BCUT2D eigenvalue weighted by Gasteiger charge is -1.91. The molecule has 0 bridgehead atoms. The van der Waals surface area contributed by atoms with Crippen LogP contribution in [0.15, 0.2) is 12.2 Å². The van der Waals surface area contributed by atoms with Crippen LogP contribution in [0.5, 0.6) is 0 Å². The van der Waals surface area contributed by atoms with Crippen LogP contribution in [0.4, 0.5) is 0 Å². The monoisotopic (exact) mass is 129 g/mol. The number of hydroxylamine groups is 1. The minimum absolute atomic E-state index is 0.689. The summed E-state index contributed by atoms with van der Waals surface area (Å²) in [4.78, 5) is 0. The molecule has 0 aliphatic heterocycles. The van der Waals surface area contributed by atoms with Gasteiger partial charge >= 0.3 is 0 Å². The van der Waals surface area contributed by atoms with Gasteiger partial charge in [-0.1, -0.05) is 19.1 Å². The molecule has 2 N–H and O–H groups in total. The number of hydrogen-bond acceptors (Lipinski definition) is 2. The van der Waals surface area contributed by atoms with Gasteiger partial charge in [-0.15, -0.1) is 0 Å². The summed E-state index contributed by atoms with van der Waals surface area (Å²) in [6.45, 7) is 2.80. The minimum atomic E-state index is 0.689. The van der Waals surface area contributed by atoms with Crippen LogP contribution in [0.25, 0.3) is 0 Å². The Labute approximate surface area is 56.5 Å². The Hall–Kier alpha value is -0.340. The SMILES string of the molecule is CC/C=C\CCCNO. The zero-order chi connectivity index (χ0) is 6.95. The van der Waals surface area contributed by atoms with E-state index in [0.29, 0.717) is 6.54 Å². The molecule has 0 aliphatic rings. The third-order valence-electron chi connectivity index (χ3n) is 1.06. The molecule has 0 amide bonds. The molecule has 2 nitrogen and oxygen atoms in total. The summed E-state index contributed by atoms with van der Waals surface area (Å²) in [7, 11) is 0. The van der Waals surface area contributed by atoms with E-state index in [2.05, 4.69) is 24.6 Å². The first-order chi connectivity index (χ1) is 4.41. The van der Waals surface area contributed by atoms with Crippen LogP contribution in [-0.4, -0.2) is 11.8 Å². The molecular formula is C7H15NO. The summed E-state index contributed by atoms with van der Waals surface area (Å²) < 4.78 is 0.